The number of nitrogen functional groups attached to an aromatic ring is 1. The molecule has 0 saturated heterocycles. The van der Waals surface area contributed by atoms with E-state index in [0.717, 1.165) is 17.7 Å². The minimum atomic E-state index is 0.192. The lowest BCUT2D eigenvalue weighted by molar-refractivity contribution is -0.539. The van der Waals surface area contributed by atoms with Crippen molar-refractivity contribution in [1.29, 1.82) is 0 Å². The van der Waals surface area contributed by atoms with Gasteiger partial charge in [-0.3, -0.25) is 5.32 Å². The fourth-order valence-corrected chi connectivity index (χ4v) is 1.10. The first-order valence-corrected chi connectivity index (χ1v) is 4.39. The van der Waals surface area contributed by atoms with Crippen molar-refractivity contribution in [2.45, 2.75) is 12.8 Å². The van der Waals surface area contributed by atoms with Crippen LogP contribution in [0.25, 0.3) is 0 Å². The smallest absolute Gasteiger partial charge is 0.310 e. The summed E-state index contributed by atoms with van der Waals surface area (Å²) in [5.41, 5.74) is 7.45. The lowest BCUT2D eigenvalue weighted by atomic mass is 10.1. The molecule has 1 amide bonds. The van der Waals surface area contributed by atoms with Crippen LogP contribution in [0.1, 0.15) is 12.0 Å². The van der Waals surface area contributed by atoms with E-state index in [-0.39, 0.29) is 5.91 Å². The van der Waals surface area contributed by atoms with Crippen molar-refractivity contribution in [1.82, 2.24) is 0 Å². The third-order valence-corrected chi connectivity index (χ3v) is 1.96. The van der Waals surface area contributed by atoms with Gasteiger partial charge >= 0.3 is 5.91 Å². The normalized spacial score (nSPS) is 9.92. The summed E-state index contributed by atoms with van der Waals surface area (Å²) in [6, 6.07) is 7.63. The summed E-state index contributed by atoms with van der Waals surface area (Å²) >= 11 is 0. The fraction of sp³-hybridized carbons (Fsp3) is 0.300. The Hall–Kier alpha value is -1.35. The molecule has 4 N–H and O–H groups in total. The predicted octanol–water partition coefficient (Wildman–Crippen LogP) is -0.0788. The molecule has 0 heterocycles. The Morgan fingerprint density at radius 2 is 2.00 bits per heavy atom. The Morgan fingerprint density at radius 1 is 1.38 bits per heavy atom. The highest BCUT2D eigenvalue weighted by Crippen LogP contribution is 2.06. The van der Waals surface area contributed by atoms with Gasteiger partial charge in [-0.15, -0.1) is 0 Å². The number of anilines is 1. The van der Waals surface area contributed by atoms with Gasteiger partial charge in [0.2, 0.25) is 0 Å². The number of primary amides is 1. The largest absolute Gasteiger partial charge is 0.399 e. The van der Waals surface area contributed by atoms with Crippen molar-refractivity contribution in [3.8, 4) is 0 Å². The second-order valence-corrected chi connectivity index (χ2v) is 3.00. The predicted molar refractivity (Wildman–Crippen MR) is 52.0 cm³/mol. The monoisotopic (exact) mass is 179 g/mol. The Bertz CT molecular complexity index is 279. The third-order valence-electron chi connectivity index (χ3n) is 1.96. The Balaban J connectivity index is 2.46. The highest BCUT2D eigenvalue weighted by molar-refractivity contribution is 5.65. The van der Waals surface area contributed by atoms with E-state index in [1.807, 2.05) is 24.3 Å². The Labute approximate surface area is 77.9 Å². The van der Waals surface area contributed by atoms with Crippen LogP contribution in [0.3, 0.4) is 0 Å². The molecule has 0 fully saturated rings. The van der Waals surface area contributed by atoms with Crippen LogP contribution in [0, 0.1) is 0 Å². The molecule has 1 aromatic carbocycles. The van der Waals surface area contributed by atoms with E-state index >= 15 is 0 Å². The van der Waals surface area contributed by atoms with Gasteiger partial charge in [0.1, 0.15) is 0 Å². The third kappa shape index (κ3) is 3.25. The summed E-state index contributed by atoms with van der Waals surface area (Å²) in [7, 11) is 1.77. The average Bonchev–Trinajstić information content (AvgIpc) is 2.16. The minimum Gasteiger partial charge on any atom is -0.399 e. The van der Waals surface area contributed by atoms with E-state index < -0.39 is 0 Å². The standard InChI is InChI=1S/C10H14N2O/c1-12-10(13)7-4-8-2-5-9(11)6-3-8/h2-3,5-6H,4,7,11H2,1H3,(H,12,13)/p+1. The van der Waals surface area contributed by atoms with Gasteiger partial charge in [-0.25, -0.2) is 4.79 Å². The molecule has 0 saturated carbocycles. The molecule has 0 aliphatic carbocycles. The van der Waals surface area contributed by atoms with Crippen molar-refractivity contribution in [2.75, 3.05) is 12.8 Å². The zero-order chi connectivity index (χ0) is 9.68. The van der Waals surface area contributed by atoms with Gasteiger partial charge in [-0.2, -0.15) is 0 Å². The van der Waals surface area contributed by atoms with Crippen LogP contribution in [0.5, 0.6) is 0 Å². The Morgan fingerprint density at radius 3 is 2.54 bits per heavy atom. The van der Waals surface area contributed by atoms with Crippen molar-refractivity contribution in [3.63, 3.8) is 0 Å². The Kier molecular flexibility index (Phi) is 3.46. The SMILES string of the molecule is C[NH2+]C(=O)CCc1ccc(N)cc1. The number of carbonyl (C=O) groups is 1. The van der Waals surface area contributed by atoms with Crippen LogP contribution < -0.4 is 11.1 Å². The molecule has 70 valence electrons. The number of carbonyl (C=O) groups excluding carboxylic acids is 1. The first kappa shape index (κ1) is 9.74. The molecule has 1 rings (SSSR count). The van der Waals surface area contributed by atoms with Crippen LogP contribution in [0.15, 0.2) is 24.3 Å². The van der Waals surface area contributed by atoms with Crippen molar-refractivity contribution in [2.24, 2.45) is 0 Å². The van der Waals surface area contributed by atoms with Gasteiger partial charge in [-0.05, 0) is 24.1 Å². The summed E-state index contributed by atoms with van der Waals surface area (Å²) in [5.74, 6) is 0.192. The minimum absolute atomic E-state index is 0.192. The summed E-state index contributed by atoms with van der Waals surface area (Å²) in [5, 5.41) is 1.61. The van der Waals surface area contributed by atoms with E-state index in [0.29, 0.717) is 6.42 Å². The van der Waals surface area contributed by atoms with E-state index in [1.165, 1.54) is 0 Å². The van der Waals surface area contributed by atoms with Crippen LogP contribution in [0.4, 0.5) is 5.69 Å². The molecule has 0 atom stereocenters. The van der Waals surface area contributed by atoms with Crippen LogP contribution in [-0.4, -0.2) is 13.0 Å². The zero-order valence-electron chi connectivity index (χ0n) is 7.79. The first-order valence-electron chi connectivity index (χ1n) is 4.39. The number of hydrogen-bond donors (Lipinski definition) is 2. The molecule has 3 nitrogen and oxygen atoms in total. The summed E-state index contributed by atoms with van der Waals surface area (Å²) < 4.78 is 0. The molecular weight excluding hydrogens is 164 g/mol. The zero-order valence-corrected chi connectivity index (χ0v) is 7.79. The maximum Gasteiger partial charge on any atom is 0.310 e. The van der Waals surface area contributed by atoms with Gasteiger partial charge in [0, 0.05) is 5.69 Å². The maximum atomic E-state index is 11.0. The number of quaternary nitrogens is 1. The average molecular weight is 179 g/mol. The molecular formula is C10H15N2O+. The molecule has 0 aliphatic rings. The summed E-state index contributed by atoms with van der Waals surface area (Å²) in [4.78, 5) is 11.0. The van der Waals surface area contributed by atoms with Gasteiger partial charge in [-0.1, -0.05) is 12.1 Å². The van der Waals surface area contributed by atoms with Crippen LogP contribution >= 0.6 is 0 Å². The quantitative estimate of drug-likeness (QED) is 0.638. The van der Waals surface area contributed by atoms with E-state index in [9.17, 15) is 4.79 Å². The number of amides is 1. The molecule has 0 aliphatic heterocycles. The lowest BCUT2D eigenvalue weighted by Crippen LogP contribution is -2.83. The highest BCUT2D eigenvalue weighted by Gasteiger charge is 2.02. The van der Waals surface area contributed by atoms with Crippen molar-refractivity contribution < 1.29 is 10.1 Å². The highest BCUT2D eigenvalue weighted by atomic mass is 16.1. The summed E-state index contributed by atoms with van der Waals surface area (Å²) in [6.07, 6.45) is 1.38. The first-order chi connectivity index (χ1) is 6.22. The van der Waals surface area contributed by atoms with E-state index in [2.05, 4.69) is 0 Å². The molecule has 0 bridgehead atoms. The number of hydrogen-bond acceptors (Lipinski definition) is 2. The van der Waals surface area contributed by atoms with Gasteiger partial charge < -0.3 is 5.73 Å². The maximum absolute atomic E-state index is 11.0. The number of aryl methyl sites for hydroxylation is 1. The van der Waals surface area contributed by atoms with Crippen LogP contribution in [0.2, 0.25) is 0 Å². The van der Waals surface area contributed by atoms with Gasteiger partial charge in [0.25, 0.3) is 0 Å². The molecule has 1 aromatic rings. The van der Waals surface area contributed by atoms with Gasteiger partial charge in [0.15, 0.2) is 0 Å². The molecule has 0 unspecified atom stereocenters. The van der Waals surface area contributed by atoms with Gasteiger partial charge in [0.05, 0.1) is 13.5 Å². The fourth-order valence-electron chi connectivity index (χ4n) is 1.10. The summed E-state index contributed by atoms with van der Waals surface area (Å²) in [6.45, 7) is 0. The number of rotatable bonds is 3. The second-order valence-electron chi connectivity index (χ2n) is 3.00. The van der Waals surface area contributed by atoms with E-state index in [1.54, 1.807) is 12.4 Å². The number of benzene rings is 1. The lowest BCUT2D eigenvalue weighted by Gasteiger charge is -1.98. The number of nitrogens with two attached hydrogens (primary N) is 2. The second kappa shape index (κ2) is 4.62. The van der Waals surface area contributed by atoms with E-state index in [4.69, 9.17) is 5.73 Å². The van der Waals surface area contributed by atoms with Crippen LogP contribution in [-0.2, 0) is 11.2 Å². The van der Waals surface area contributed by atoms with Crippen molar-refractivity contribution >= 4 is 11.6 Å². The molecule has 0 spiro atoms. The van der Waals surface area contributed by atoms with Crippen molar-refractivity contribution in [3.05, 3.63) is 29.8 Å². The topological polar surface area (TPSA) is 59.7 Å². The molecule has 3 heteroatoms. The molecule has 13 heavy (non-hydrogen) atoms. The molecule has 0 aromatic heterocycles. The molecule has 0 radical (unpaired) electrons.